The molecule has 3 aliphatic heterocycles. The zero-order chi connectivity index (χ0) is 44.6. The van der Waals surface area contributed by atoms with Crippen LogP contribution in [0.4, 0.5) is 47.8 Å². The van der Waals surface area contributed by atoms with Crippen LogP contribution in [-0.4, -0.2) is 86.1 Å². The van der Waals surface area contributed by atoms with Crippen LogP contribution < -0.4 is 36.6 Å². The molecular formula is C46H50BrF3N10O4. The summed E-state index contributed by atoms with van der Waals surface area (Å²) in [4.78, 5) is 16.4. The molecule has 6 N–H and O–H groups in total. The molecule has 3 aliphatic rings. The number of ether oxygens (including phenoxy) is 4. The Kier molecular flexibility index (Phi) is 16.8. The van der Waals surface area contributed by atoms with E-state index in [1.807, 2.05) is 48.5 Å². The van der Waals surface area contributed by atoms with Gasteiger partial charge >= 0.3 is 6.18 Å². The minimum atomic E-state index is -4.37. The molecule has 9 rings (SSSR count). The number of nitrogens with zero attached hydrogens (tertiary/aromatic N) is 4. The molecule has 0 amide bonds. The third kappa shape index (κ3) is 14.1. The third-order valence-electron chi connectivity index (χ3n) is 10.1. The summed E-state index contributed by atoms with van der Waals surface area (Å²) in [6.07, 6.45) is 1.80. The van der Waals surface area contributed by atoms with Gasteiger partial charge in [-0.1, -0.05) is 36.4 Å². The number of pyridine rings is 2. The quantitative estimate of drug-likeness (QED) is 0.0775. The van der Waals surface area contributed by atoms with Crippen molar-refractivity contribution in [1.29, 1.82) is 0 Å². The number of aromatic nitrogens is 4. The fourth-order valence-electron chi connectivity index (χ4n) is 6.68. The van der Waals surface area contributed by atoms with Gasteiger partial charge in [-0.25, -0.2) is 19.9 Å². The number of halogens is 4. The molecule has 3 atom stereocenters. The van der Waals surface area contributed by atoms with Gasteiger partial charge in [0.1, 0.15) is 11.6 Å². The Labute approximate surface area is 378 Å². The maximum atomic E-state index is 12.5. The summed E-state index contributed by atoms with van der Waals surface area (Å²) >= 11 is 3.37. The first-order chi connectivity index (χ1) is 31.2. The van der Waals surface area contributed by atoms with Gasteiger partial charge in [0.25, 0.3) is 0 Å². The van der Waals surface area contributed by atoms with E-state index in [9.17, 15) is 13.2 Å². The molecule has 0 unspecified atom stereocenters. The van der Waals surface area contributed by atoms with Crippen LogP contribution in [0.1, 0.15) is 40.6 Å². The molecule has 14 nitrogen and oxygen atoms in total. The molecule has 3 saturated heterocycles. The first-order valence-electron chi connectivity index (χ1n) is 20.8. The van der Waals surface area contributed by atoms with Crippen LogP contribution in [0.2, 0.25) is 0 Å². The summed E-state index contributed by atoms with van der Waals surface area (Å²) in [5.41, 5.74) is 5.38. The number of benzene rings is 3. The van der Waals surface area contributed by atoms with E-state index in [4.69, 9.17) is 18.9 Å². The molecule has 6 heterocycles. The second-order valence-electron chi connectivity index (χ2n) is 14.7. The number of alkyl halides is 3. The van der Waals surface area contributed by atoms with Gasteiger partial charge in [0.05, 0.1) is 63.2 Å². The first kappa shape index (κ1) is 46.3. The van der Waals surface area contributed by atoms with Crippen molar-refractivity contribution in [3.63, 3.8) is 0 Å². The Morgan fingerprint density at radius 3 is 1.31 bits per heavy atom. The highest BCUT2D eigenvalue weighted by molar-refractivity contribution is 9.10. The molecule has 336 valence electrons. The van der Waals surface area contributed by atoms with Crippen molar-refractivity contribution < 1.29 is 32.1 Å². The van der Waals surface area contributed by atoms with E-state index in [0.29, 0.717) is 24.1 Å². The fraction of sp³-hybridized carbons (Fsp3) is 0.304. The maximum Gasteiger partial charge on any atom is 0.417 e. The molecule has 64 heavy (non-hydrogen) atoms. The van der Waals surface area contributed by atoms with Crippen molar-refractivity contribution in [1.82, 2.24) is 35.9 Å². The summed E-state index contributed by atoms with van der Waals surface area (Å²) in [5.74, 6) is 2.37. The van der Waals surface area contributed by atoms with Gasteiger partial charge in [0.2, 0.25) is 5.95 Å². The standard InChI is InChI=1S/C16H16F3N3O.C15H16BrN3O.C15H18N4O2/c17-16(18,19)12-3-6-15(21-9-12)22-13-4-1-11(2-5-13)14-10-20-7-8-23-14;16-12-3-6-15(18-9-12)19-13-4-1-11(2-5-13)14-10-17-7-8-20-14;1-20-13-8-17-15(18-9-13)19-12-4-2-11(3-5-12)14-10-16-6-7-21-14/h1-6,9,14,20H,7-8,10H2,(H,21,22);1-6,9,14,17H,7-8,10H2,(H,18,19);2-5,8-9,14,16H,6-7,10H2,1H3,(H,17,18,19)/t3*14-/m111/s1. The Bertz CT molecular complexity index is 2280. The van der Waals surface area contributed by atoms with Gasteiger partial charge in [0, 0.05) is 73.2 Å². The van der Waals surface area contributed by atoms with Crippen LogP contribution in [0.25, 0.3) is 0 Å². The lowest BCUT2D eigenvalue weighted by Crippen LogP contribution is -2.33. The van der Waals surface area contributed by atoms with Crippen molar-refractivity contribution in [2.45, 2.75) is 24.5 Å². The predicted octanol–water partition coefficient (Wildman–Crippen LogP) is 8.64. The van der Waals surface area contributed by atoms with Gasteiger partial charge in [-0.15, -0.1) is 0 Å². The summed E-state index contributed by atoms with van der Waals surface area (Å²) in [7, 11) is 1.59. The number of rotatable bonds is 10. The SMILES string of the molecule is Brc1ccc(Nc2ccc([C@H]3CNCCO3)cc2)nc1.COc1cnc(Nc2ccc([C@H]3CNCCO3)cc2)nc1.FC(F)(F)c1ccc(Nc2ccc([C@H]3CNCCO3)cc2)nc1. The highest BCUT2D eigenvalue weighted by Gasteiger charge is 2.30. The van der Waals surface area contributed by atoms with Gasteiger partial charge in [-0.05, 0) is 93.3 Å². The average molecular weight is 944 g/mol. The highest BCUT2D eigenvalue weighted by Crippen LogP contribution is 2.30. The second kappa shape index (κ2) is 23.3. The summed E-state index contributed by atoms with van der Waals surface area (Å²) < 4.78 is 60.6. The summed E-state index contributed by atoms with van der Waals surface area (Å²) in [5, 5.41) is 19.3. The lowest BCUT2D eigenvalue weighted by atomic mass is 10.1. The van der Waals surface area contributed by atoms with Crippen molar-refractivity contribution in [3.05, 3.63) is 149 Å². The Hall–Kier alpha value is -5.73. The van der Waals surface area contributed by atoms with Crippen LogP contribution in [-0.2, 0) is 20.4 Å². The van der Waals surface area contributed by atoms with Crippen LogP contribution in [0.3, 0.4) is 0 Å². The van der Waals surface area contributed by atoms with Crippen LogP contribution in [0.15, 0.2) is 126 Å². The molecule has 3 aromatic carbocycles. The summed E-state index contributed by atoms with van der Waals surface area (Å²) in [6, 6.07) is 30.2. The molecule has 0 radical (unpaired) electrons. The number of nitrogens with one attached hydrogen (secondary N) is 6. The van der Waals surface area contributed by atoms with E-state index in [1.165, 1.54) is 17.2 Å². The monoisotopic (exact) mass is 942 g/mol. The van der Waals surface area contributed by atoms with Crippen molar-refractivity contribution in [2.24, 2.45) is 0 Å². The van der Waals surface area contributed by atoms with Crippen LogP contribution in [0.5, 0.6) is 5.75 Å². The topological polar surface area (TPSA) is 161 Å². The smallest absolute Gasteiger partial charge is 0.417 e. The van der Waals surface area contributed by atoms with Gasteiger partial charge < -0.3 is 50.8 Å². The van der Waals surface area contributed by atoms with E-state index in [1.54, 1.807) is 25.7 Å². The van der Waals surface area contributed by atoms with E-state index in [2.05, 4.69) is 104 Å². The normalized spacial score (nSPS) is 18.5. The fourth-order valence-corrected chi connectivity index (χ4v) is 6.91. The maximum absolute atomic E-state index is 12.5. The number of hydrogen-bond acceptors (Lipinski definition) is 14. The lowest BCUT2D eigenvalue weighted by Gasteiger charge is -2.24. The molecule has 0 spiro atoms. The predicted molar refractivity (Wildman–Crippen MR) is 244 cm³/mol. The van der Waals surface area contributed by atoms with Gasteiger partial charge in [-0.3, -0.25) is 0 Å². The molecule has 18 heteroatoms. The number of methoxy groups -OCH3 is 1. The van der Waals surface area contributed by atoms with E-state index in [-0.39, 0.29) is 18.3 Å². The van der Waals surface area contributed by atoms with Crippen molar-refractivity contribution in [2.75, 3.05) is 82.1 Å². The van der Waals surface area contributed by atoms with Crippen LogP contribution in [0, 0.1) is 0 Å². The molecule has 3 fully saturated rings. The van der Waals surface area contributed by atoms with Gasteiger partial charge in [-0.2, -0.15) is 13.2 Å². The van der Waals surface area contributed by atoms with Crippen LogP contribution >= 0.6 is 15.9 Å². The highest BCUT2D eigenvalue weighted by atomic mass is 79.9. The Balaban J connectivity index is 0.000000144. The Morgan fingerprint density at radius 2 is 0.969 bits per heavy atom. The number of hydrogen-bond donors (Lipinski definition) is 6. The molecule has 0 bridgehead atoms. The van der Waals surface area contributed by atoms with E-state index < -0.39 is 11.7 Å². The van der Waals surface area contributed by atoms with Gasteiger partial charge in [0.15, 0.2) is 5.75 Å². The van der Waals surface area contributed by atoms with E-state index >= 15 is 0 Å². The molecule has 0 aliphatic carbocycles. The Morgan fingerprint density at radius 1 is 0.547 bits per heavy atom. The van der Waals surface area contributed by atoms with Crippen molar-refractivity contribution >= 4 is 50.6 Å². The number of anilines is 6. The van der Waals surface area contributed by atoms with Crippen molar-refractivity contribution in [3.8, 4) is 5.75 Å². The van der Waals surface area contributed by atoms with E-state index in [0.717, 1.165) is 97.7 Å². The lowest BCUT2D eigenvalue weighted by molar-refractivity contribution is -0.137. The zero-order valence-corrected chi connectivity index (χ0v) is 36.7. The molecular weight excluding hydrogens is 893 g/mol. The zero-order valence-electron chi connectivity index (χ0n) is 35.1. The first-order valence-corrected chi connectivity index (χ1v) is 21.6. The summed E-state index contributed by atoms with van der Waals surface area (Å²) in [6.45, 7) is 7.42. The number of morpholine rings is 3. The minimum Gasteiger partial charge on any atom is -0.494 e. The second-order valence-corrected chi connectivity index (χ2v) is 15.6. The molecule has 0 saturated carbocycles. The minimum absolute atomic E-state index is 0.0296. The molecule has 6 aromatic rings. The molecule has 3 aromatic heterocycles. The average Bonchev–Trinajstić information content (AvgIpc) is 3.34. The largest absolute Gasteiger partial charge is 0.494 e. The third-order valence-corrected chi connectivity index (χ3v) is 10.6.